The number of hydrogen-bond acceptors (Lipinski definition) is 3. The molecule has 4 heteroatoms. The number of aliphatic hydroxyl groups excluding tert-OH is 1. The molecule has 0 saturated carbocycles. The maximum Gasteiger partial charge on any atom is 0.132 e. The van der Waals surface area contributed by atoms with Gasteiger partial charge in [-0.15, -0.1) is 11.3 Å². The Morgan fingerprint density at radius 2 is 2.27 bits per heavy atom. The van der Waals surface area contributed by atoms with Crippen LogP contribution in [0.15, 0.2) is 23.7 Å². The van der Waals surface area contributed by atoms with Crippen molar-refractivity contribution in [3.8, 4) is 10.4 Å². The molecule has 0 spiro atoms. The predicted octanol–water partition coefficient (Wildman–Crippen LogP) is 2.75. The van der Waals surface area contributed by atoms with Crippen LogP contribution in [0.1, 0.15) is 11.3 Å². The lowest BCUT2D eigenvalue weighted by molar-refractivity contribution is 0.278. The molecule has 0 aliphatic carbocycles. The Bertz CT molecular complexity index is 481. The lowest BCUT2D eigenvalue weighted by Crippen LogP contribution is -1.89. The van der Waals surface area contributed by atoms with E-state index >= 15 is 0 Å². The first kappa shape index (κ1) is 10.3. The standard InChI is InChI=1S/C11H10FNOS/c1-7-2-3-8(9(12)4-7)11-10(5-14)13-6-15-11/h2-4,6,14H,5H2,1H3. The number of hydrogen-bond donors (Lipinski definition) is 1. The van der Waals surface area contributed by atoms with Crippen LogP contribution in [-0.4, -0.2) is 10.1 Å². The zero-order valence-corrected chi connectivity index (χ0v) is 9.01. The van der Waals surface area contributed by atoms with E-state index in [0.717, 1.165) is 5.56 Å². The van der Waals surface area contributed by atoms with Crippen molar-refractivity contribution in [2.75, 3.05) is 0 Å². The second-order valence-electron chi connectivity index (χ2n) is 3.27. The van der Waals surface area contributed by atoms with E-state index in [0.29, 0.717) is 16.1 Å². The largest absolute Gasteiger partial charge is 0.390 e. The summed E-state index contributed by atoms with van der Waals surface area (Å²) in [7, 11) is 0. The average Bonchev–Trinajstić information content (AvgIpc) is 2.65. The molecular weight excluding hydrogens is 213 g/mol. The number of rotatable bonds is 2. The van der Waals surface area contributed by atoms with Crippen LogP contribution in [-0.2, 0) is 6.61 Å². The Hall–Kier alpha value is -1.26. The summed E-state index contributed by atoms with van der Waals surface area (Å²) in [4.78, 5) is 4.68. The SMILES string of the molecule is Cc1ccc(-c2scnc2CO)c(F)c1. The number of aryl methyl sites for hydroxylation is 1. The summed E-state index contributed by atoms with van der Waals surface area (Å²) < 4.78 is 13.6. The summed E-state index contributed by atoms with van der Waals surface area (Å²) in [6, 6.07) is 5.05. The van der Waals surface area contributed by atoms with Gasteiger partial charge < -0.3 is 5.11 Å². The minimum absolute atomic E-state index is 0.161. The first-order valence-corrected chi connectivity index (χ1v) is 5.40. The molecule has 0 saturated heterocycles. The second kappa shape index (κ2) is 4.08. The average molecular weight is 223 g/mol. The molecule has 2 aromatic rings. The zero-order valence-electron chi connectivity index (χ0n) is 8.20. The van der Waals surface area contributed by atoms with Crippen LogP contribution in [0, 0.1) is 12.7 Å². The number of thiazole rings is 1. The van der Waals surface area contributed by atoms with Gasteiger partial charge in [0.15, 0.2) is 0 Å². The fourth-order valence-corrected chi connectivity index (χ4v) is 2.24. The van der Waals surface area contributed by atoms with E-state index in [1.54, 1.807) is 11.6 Å². The number of nitrogens with zero attached hydrogens (tertiary/aromatic N) is 1. The summed E-state index contributed by atoms with van der Waals surface area (Å²) in [5.41, 5.74) is 3.53. The van der Waals surface area contributed by atoms with Gasteiger partial charge in [-0.25, -0.2) is 9.37 Å². The Morgan fingerprint density at radius 3 is 2.93 bits per heavy atom. The summed E-state index contributed by atoms with van der Waals surface area (Å²) in [6.07, 6.45) is 0. The smallest absolute Gasteiger partial charge is 0.132 e. The van der Waals surface area contributed by atoms with Gasteiger partial charge in [-0.05, 0) is 18.6 Å². The van der Waals surface area contributed by atoms with Crippen molar-refractivity contribution in [3.05, 3.63) is 40.8 Å². The first-order valence-electron chi connectivity index (χ1n) is 4.52. The minimum Gasteiger partial charge on any atom is -0.390 e. The molecule has 0 radical (unpaired) electrons. The van der Waals surface area contributed by atoms with Gasteiger partial charge in [-0.2, -0.15) is 0 Å². The van der Waals surface area contributed by atoms with Crippen LogP contribution in [0.4, 0.5) is 4.39 Å². The van der Waals surface area contributed by atoms with Gasteiger partial charge in [0.1, 0.15) is 5.82 Å². The highest BCUT2D eigenvalue weighted by molar-refractivity contribution is 7.13. The highest BCUT2D eigenvalue weighted by Crippen LogP contribution is 2.30. The molecule has 0 bridgehead atoms. The highest BCUT2D eigenvalue weighted by atomic mass is 32.1. The van der Waals surface area contributed by atoms with Crippen LogP contribution in [0.2, 0.25) is 0 Å². The minimum atomic E-state index is -0.269. The van der Waals surface area contributed by atoms with E-state index < -0.39 is 0 Å². The number of aromatic nitrogens is 1. The van der Waals surface area contributed by atoms with E-state index in [1.165, 1.54) is 17.4 Å². The first-order chi connectivity index (χ1) is 7.22. The lowest BCUT2D eigenvalue weighted by Gasteiger charge is -2.02. The molecule has 0 atom stereocenters. The number of halogens is 1. The summed E-state index contributed by atoms with van der Waals surface area (Å²) in [5.74, 6) is -0.269. The molecule has 1 heterocycles. The van der Waals surface area contributed by atoms with Gasteiger partial charge in [-0.1, -0.05) is 12.1 Å². The van der Waals surface area contributed by atoms with E-state index in [2.05, 4.69) is 4.98 Å². The van der Waals surface area contributed by atoms with E-state index in [1.807, 2.05) is 13.0 Å². The van der Waals surface area contributed by atoms with Crippen molar-refractivity contribution in [1.29, 1.82) is 0 Å². The Balaban J connectivity index is 2.54. The van der Waals surface area contributed by atoms with E-state index in [9.17, 15) is 4.39 Å². The molecular formula is C11H10FNOS. The van der Waals surface area contributed by atoms with Gasteiger partial charge in [0.05, 0.1) is 22.7 Å². The third-order valence-corrected chi connectivity index (χ3v) is 3.06. The number of aliphatic hydroxyl groups is 1. The van der Waals surface area contributed by atoms with Crippen molar-refractivity contribution in [2.45, 2.75) is 13.5 Å². The maximum atomic E-state index is 13.6. The van der Waals surface area contributed by atoms with Gasteiger partial charge in [0, 0.05) is 5.56 Å². The quantitative estimate of drug-likeness (QED) is 0.849. The third kappa shape index (κ3) is 1.91. The highest BCUT2D eigenvalue weighted by Gasteiger charge is 2.11. The molecule has 0 unspecified atom stereocenters. The third-order valence-electron chi connectivity index (χ3n) is 2.16. The molecule has 0 aliphatic heterocycles. The normalized spacial score (nSPS) is 10.6. The molecule has 15 heavy (non-hydrogen) atoms. The fraction of sp³-hybridized carbons (Fsp3) is 0.182. The van der Waals surface area contributed by atoms with E-state index in [4.69, 9.17) is 5.11 Å². The van der Waals surface area contributed by atoms with Crippen molar-refractivity contribution in [2.24, 2.45) is 0 Å². The van der Waals surface area contributed by atoms with Crippen LogP contribution < -0.4 is 0 Å². The van der Waals surface area contributed by atoms with Crippen molar-refractivity contribution < 1.29 is 9.50 Å². The summed E-state index contributed by atoms with van der Waals surface area (Å²) in [6.45, 7) is 1.68. The Kier molecular flexibility index (Phi) is 2.79. The van der Waals surface area contributed by atoms with Gasteiger partial charge in [0.25, 0.3) is 0 Å². The summed E-state index contributed by atoms with van der Waals surface area (Å²) in [5, 5.41) is 9.04. The topological polar surface area (TPSA) is 33.1 Å². The van der Waals surface area contributed by atoms with Crippen molar-refractivity contribution >= 4 is 11.3 Å². The zero-order chi connectivity index (χ0) is 10.8. The van der Waals surface area contributed by atoms with Gasteiger partial charge in [-0.3, -0.25) is 0 Å². The van der Waals surface area contributed by atoms with Crippen LogP contribution in [0.25, 0.3) is 10.4 Å². The molecule has 2 rings (SSSR count). The molecule has 1 aromatic heterocycles. The Labute approximate surface area is 91.0 Å². The summed E-state index contributed by atoms with van der Waals surface area (Å²) >= 11 is 1.34. The second-order valence-corrected chi connectivity index (χ2v) is 4.12. The van der Waals surface area contributed by atoms with Crippen molar-refractivity contribution in [3.63, 3.8) is 0 Å². The lowest BCUT2D eigenvalue weighted by atomic mass is 10.1. The molecule has 0 aliphatic rings. The maximum absolute atomic E-state index is 13.6. The monoisotopic (exact) mass is 223 g/mol. The predicted molar refractivity (Wildman–Crippen MR) is 58.2 cm³/mol. The van der Waals surface area contributed by atoms with E-state index in [-0.39, 0.29) is 12.4 Å². The fourth-order valence-electron chi connectivity index (χ4n) is 1.41. The molecule has 0 amide bonds. The van der Waals surface area contributed by atoms with Crippen molar-refractivity contribution in [1.82, 2.24) is 4.98 Å². The van der Waals surface area contributed by atoms with Gasteiger partial charge in [0.2, 0.25) is 0 Å². The Morgan fingerprint density at radius 1 is 1.47 bits per heavy atom. The molecule has 1 aromatic carbocycles. The van der Waals surface area contributed by atoms with Gasteiger partial charge >= 0.3 is 0 Å². The van der Waals surface area contributed by atoms with Crippen LogP contribution in [0.3, 0.4) is 0 Å². The molecule has 78 valence electrons. The van der Waals surface area contributed by atoms with Crippen LogP contribution >= 0.6 is 11.3 Å². The molecule has 2 nitrogen and oxygen atoms in total. The molecule has 0 fully saturated rings. The van der Waals surface area contributed by atoms with Crippen LogP contribution in [0.5, 0.6) is 0 Å². The molecule has 1 N–H and O–H groups in total. The number of benzene rings is 1.